The van der Waals surface area contributed by atoms with E-state index in [1.165, 1.54) is 0 Å². The maximum atomic E-state index is 11.1. The van der Waals surface area contributed by atoms with Crippen molar-refractivity contribution >= 4 is 11.9 Å². The fraction of sp³-hybridized carbons (Fsp3) is 0.182. The molecular weight excluding hydrogens is 208 g/mol. The van der Waals surface area contributed by atoms with Gasteiger partial charge < -0.3 is 10.4 Å². The van der Waals surface area contributed by atoms with Crippen LogP contribution in [0.4, 0.5) is 0 Å². The van der Waals surface area contributed by atoms with Gasteiger partial charge in [0.15, 0.2) is 0 Å². The molecule has 0 atom stereocenters. The highest BCUT2D eigenvalue weighted by Gasteiger charge is 1.96. The summed E-state index contributed by atoms with van der Waals surface area (Å²) in [5, 5.41) is 10.9. The average molecular weight is 220 g/mol. The molecule has 5 nitrogen and oxygen atoms in total. The first-order valence-electron chi connectivity index (χ1n) is 4.76. The molecule has 1 aromatic heterocycles. The lowest BCUT2D eigenvalue weighted by molar-refractivity contribution is -0.131. The third-order valence-corrected chi connectivity index (χ3v) is 1.84. The van der Waals surface area contributed by atoms with E-state index in [0.29, 0.717) is 13.0 Å². The molecule has 0 saturated heterocycles. The van der Waals surface area contributed by atoms with E-state index in [4.69, 9.17) is 5.11 Å². The predicted octanol–water partition coefficient (Wildman–Crippen LogP) is 0.381. The van der Waals surface area contributed by atoms with E-state index >= 15 is 0 Å². The molecule has 0 aliphatic rings. The lowest BCUT2D eigenvalue weighted by Crippen LogP contribution is -2.23. The molecule has 0 bridgehead atoms. The zero-order valence-electron chi connectivity index (χ0n) is 8.59. The maximum absolute atomic E-state index is 11.1. The summed E-state index contributed by atoms with van der Waals surface area (Å²) in [7, 11) is 0. The van der Waals surface area contributed by atoms with Crippen LogP contribution in [0.15, 0.2) is 36.7 Å². The molecule has 1 rings (SSSR count). The first kappa shape index (κ1) is 11.9. The SMILES string of the molecule is O=C(O)C=CC(=O)NCCc1ccncc1. The fourth-order valence-electron chi connectivity index (χ4n) is 1.09. The number of carboxylic acid groups (broad SMARTS) is 1. The van der Waals surface area contributed by atoms with E-state index in [9.17, 15) is 9.59 Å². The van der Waals surface area contributed by atoms with Crippen molar-refractivity contribution in [3.8, 4) is 0 Å². The smallest absolute Gasteiger partial charge is 0.328 e. The zero-order chi connectivity index (χ0) is 11.8. The van der Waals surface area contributed by atoms with Crippen LogP contribution in [0.2, 0.25) is 0 Å². The Hall–Kier alpha value is -2.17. The van der Waals surface area contributed by atoms with Crippen molar-refractivity contribution in [1.82, 2.24) is 10.3 Å². The number of pyridine rings is 1. The molecule has 0 aromatic carbocycles. The summed E-state index contributed by atoms with van der Waals surface area (Å²) in [4.78, 5) is 25.1. The van der Waals surface area contributed by atoms with Gasteiger partial charge >= 0.3 is 5.97 Å². The van der Waals surface area contributed by atoms with Crippen LogP contribution in [-0.4, -0.2) is 28.5 Å². The summed E-state index contributed by atoms with van der Waals surface area (Å²) < 4.78 is 0. The number of carboxylic acids is 1. The van der Waals surface area contributed by atoms with Gasteiger partial charge in [0, 0.05) is 31.1 Å². The third-order valence-electron chi connectivity index (χ3n) is 1.84. The standard InChI is InChI=1S/C11H12N2O3/c14-10(1-2-11(15)16)13-8-5-9-3-6-12-7-4-9/h1-4,6-7H,5,8H2,(H,13,14)(H,15,16). The van der Waals surface area contributed by atoms with Crippen LogP contribution >= 0.6 is 0 Å². The second-order valence-electron chi connectivity index (χ2n) is 3.07. The number of hydrogen-bond acceptors (Lipinski definition) is 3. The number of nitrogens with zero attached hydrogens (tertiary/aromatic N) is 1. The number of aromatic nitrogens is 1. The molecule has 1 heterocycles. The van der Waals surface area contributed by atoms with E-state index in [-0.39, 0.29) is 0 Å². The molecule has 0 aliphatic heterocycles. The predicted molar refractivity (Wildman–Crippen MR) is 57.7 cm³/mol. The van der Waals surface area contributed by atoms with E-state index < -0.39 is 11.9 Å². The van der Waals surface area contributed by atoms with Crippen LogP contribution in [0.3, 0.4) is 0 Å². The quantitative estimate of drug-likeness (QED) is 0.703. The molecule has 84 valence electrons. The van der Waals surface area contributed by atoms with Crippen molar-refractivity contribution in [1.29, 1.82) is 0 Å². The Balaban J connectivity index is 2.26. The molecule has 16 heavy (non-hydrogen) atoms. The normalized spacial score (nSPS) is 10.2. The first-order chi connectivity index (χ1) is 7.68. The summed E-state index contributed by atoms with van der Waals surface area (Å²) in [6.07, 6.45) is 5.86. The Morgan fingerprint density at radius 3 is 2.62 bits per heavy atom. The van der Waals surface area contributed by atoms with Gasteiger partial charge in [-0.2, -0.15) is 0 Å². The summed E-state index contributed by atoms with van der Waals surface area (Å²) in [6.45, 7) is 0.465. The van der Waals surface area contributed by atoms with Crippen LogP contribution in [0, 0.1) is 0 Å². The van der Waals surface area contributed by atoms with Crippen molar-refractivity contribution in [3.05, 3.63) is 42.2 Å². The van der Waals surface area contributed by atoms with Gasteiger partial charge in [0.05, 0.1) is 0 Å². The van der Waals surface area contributed by atoms with Gasteiger partial charge in [0.1, 0.15) is 0 Å². The average Bonchev–Trinajstić information content (AvgIpc) is 2.28. The minimum absolute atomic E-state index is 0.406. The Bertz CT molecular complexity index is 387. The Kier molecular flexibility index (Phi) is 4.72. The number of aliphatic carboxylic acids is 1. The summed E-state index contributed by atoms with van der Waals surface area (Å²) in [5.74, 6) is -1.54. The highest BCUT2D eigenvalue weighted by atomic mass is 16.4. The zero-order valence-corrected chi connectivity index (χ0v) is 8.59. The van der Waals surface area contributed by atoms with E-state index in [0.717, 1.165) is 17.7 Å². The Morgan fingerprint density at radius 1 is 1.31 bits per heavy atom. The van der Waals surface area contributed by atoms with E-state index in [1.54, 1.807) is 12.4 Å². The highest BCUT2D eigenvalue weighted by Crippen LogP contribution is 1.95. The minimum atomic E-state index is -1.13. The number of nitrogens with one attached hydrogen (secondary N) is 1. The Morgan fingerprint density at radius 2 is 2.00 bits per heavy atom. The van der Waals surface area contributed by atoms with E-state index in [1.807, 2.05) is 12.1 Å². The van der Waals surface area contributed by atoms with Crippen LogP contribution in [0.5, 0.6) is 0 Å². The van der Waals surface area contributed by atoms with Gasteiger partial charge in [0.25, 0.3) is 0 Å². The first-order valence-corrected chi connectivity index (χ1v) is 4.76. The lowest BCUT2D eigenvalue weighted by Gasteiger charge is -2.01. The van der Waals surface area contributed by atoms with Crippen molar-refractivity contribution in [2.75, 3.05) is 6.54 Å². The number of hydrogen-bond donors (Lipinski definition) is 2. The number of rotatable bonds is 5. The summed E-state index contributed by atoms with van der Waals surface area (Å²) >= 11 is 0. The van der Waals surface area contributed by atoms with Crippen molar-refractivity contribution < 1.29 is 14.7 Å². The monoisotopic (exact) mass is 220 g/mol. The summed E-state index contributed by atoms with van der Waals surface area (Å²) in [6, 6.07) is 3.72. The molecule has 1 amide bonds. The van der Waals surface area contributed by atoms with Crippen molar-refractivity contribution in [2.24, 2.45) is 0 Å². The van der Waals surface area contributed by atoms with E-state index in [2.05, 4.69) is 10.3 Å². The fourth-order valence-corrected chi connectivity index (χ4v) is 1.09. The summed E-state index contributed by atoms with van der Waals surface area (Å²) in [5.41, 5.74) is 1.07. The topological polar surface area (TPSA) is 79.3 Å². The van der Waals surface area contributed by atoms with Gasteiger partial charge in [-0.25, -0.2) is 4.79 Å². The lowest BCUT2D eigenvalue weighted by atomic mass is 10.2. The molecule has 0 fully saturated rings. The highest BCUT2D eigenvalue weighted by molar-refractivity contribution is 5.93. The molecular formula is C11H12N2O3. The second-order valence-corrected chi connectivity index (χ2v) is 3.07. The molecule has 0 spiro atoms. The number of carbonyl (C=O) groups is 2. The van der Waals surface area contributed by atoms with Crippen LogP contribution in [0.1, 0.15) is 5.56 Å². The molecule has 1 aromatic rings. The molecule has 0 aliphatic carbocycles. The molecule has 0 unspecified atom stereocenters. The Labute approximate surface area is 92.8 Å². The van der Waals surface area contributed by atoms with Crippen LogP contribution in [0.25, 0.3) is 0 Å². The largest absolute Gasteiger partial charge is 0.478 e. The van der Waals surface area contributed by atoms with Crippen molar-refractivity contribution in [3.63, 3.8) is 0 Å². The van der Waals surface area contributed by atoms with Crippen LogP contribution in [-0.2, 0) is 16.0 Å². The number of amides is 1. The van der Waals surface area contributed by atoms with Crippen molar-refractivity contribution in [2.45, 2.75) is 6.42 Å². The van der Waals surface area contributed by atoms with Gasteiger partial charge in [-0.05, 0) is 24.1 Å². The molecule has 2 N–H and O–H groups in total. The third kappa shape index (κ3) is 4.90. The van der Waals surface area contributed by atoms with Gasteiger partial charge in [0.2, 0.25) is 5.91 Å². The molecule has 5 heteroatoms. The van der Waals surface area contributed by atoms with Gasteiger partial charge in [-0.15, -0.1) is 0 Å². The minimum Gasteiger partial charge on any atom is -0.478 e. The van der Waals surface area contributed by atoms with Gasteiger partial charge in [-0.1, -0.05) is 0 Å². The second kappa shape index (κ2) is 6.34. The van der Waals surface area contributed by atoms with Crippen LogP contribution < -0.4 is 5.32 Å². The maximum Gasteiger partial charge on any atom is 0.328 e. The molecule has 0 saturated carbocycles. The molecule has 0 radical (unpaired) electrons. The number of carbonyl (C=O) groups excluding carboxylic acids is 1. The van der Waals surface area contributed by atoms with Gasteiger partial charge in [-0.3, -0.25) is 9.78 Å².